The van der Waals surface area contributed by atoms with Crippen LogP contribution in [0.15, 0.2) is 21.7 Å². The Kier molecular flexibility index (Phi) is 5.32. The first-order valence-corrected chi connectivity index (χ1v) is 9.29. The Morgan fingerprint density at radius 3 is 2.54 bits per heavy atom. The van der Waals surface area contributed by atoms with E-state index in [-0.39, 0.29) is 27.8 Å². The summed E-state index contributed by atoms with van der Waals surface area (Å²) in [5.41, 5.74) is -2.66. The number of nitrogens with zero attached hydrogens (tertiary/aromatic N) is 3. The molecule has 1 aromatic carbocycles. The zero-order valence-corrected chi connectivity index (χ0v) is 14.7. The summed E-state index contributed by atoms with van der Waals surface area (Å²) in [6.45, 7) is 1.55. The van der Waals surface area contributed by atoms with Gasteiger partial charge in [-0.3, -0.25) is 14.9 Å². The fourth-order valence-electron chi connectivity index (χ4n) is 2.43. The fraction of sp³-hybridized carbons (Fsp3) is 0.385. The smallest absolute Gasteiger partial charge is 0.348 e. The van der Waals surface area contributed by atoms with Crippen LogP contribution in [0.4, 0.5) is 11.4 Å². The Labute approximate surface area is 146 Å². The molecular weight excluding hydrogens is 370 g/mol. The third-order valence-electron chi connectivity index (χ3n) is 3.45. The lowest BCUT2D eigenvalue weighted by Crippen LogP contribution is -2.43. The van der Waals surface area contributed by atoms with Crippen molar-refractivity contribution >= 4 is 32.3 Å². The third kappa shape index (κ3) is 3.83. The molecule has 3 N–H and O–H groups in total. The summed E-state index contributed by atoms with van der Waals surface area (Å²) in [4.78, 5) is 40.4. The first-order valence-electron chi connectivity index (χ1n) is 7.40. The lowest BCUT2D eigenvalue weighted by atomic mass is 10.1. The van der Waals surface area contributed by atoms with Gasteiger partial charge in [-0.2, -0.15) is 4.68 Å². The van der Waals surface area contributed by atoms with E-state index >= 15 is 0 Å². The highest BCUT2D eigenvalue weighted by atomic mass is 32.2. The maximum absolute atomic E-state index is 12.5. The van der Waals surface area contributed by atoms with Gasteiger partial charge in [-0.05, 0) is 12.5 Å². The second-order valence-corrected chi connectivity index (χ2v) is 7.21. The number of hydrogen-bond donors (Lipinski definition) is 3. The maximum Gasteiger partial charge on any atom is 0.348 e. The van der Waals surface area contributed by atoms with Crippen molar-refractivity contribution in [3.05, 3.63) is 43.1 Å². The molecule has 12 nitrogen and oxygen atoms in total. The molecule has 0 saturated heterocycles. The van der Waals surface area contributed by atoms with Crippen molar-refractivity contribution in [2.45, 2.75) is 13.3 Å². The van der Waals surface area contributed by atoms with E-state index in [1.54, 1.807) is 11.8 Å². The molecule has 0 atom stereocenters. The number of fused-ring (bicyclic) bond motifs is 1. The van der Waals surface area contributed by atoms with E-state index in [0.29, 0.717) is 6.42 Å². The highest BCUT2D eigenvalue weighted by Crippen LogP contribution is 2.31. The molecule has 0 unspecified atom stereocenters. The van der Waals surface area contributed by atoms with Crippen LogP contribution in [0.25, 0.3) is 10.9 Å². The SMILES string of the molecule is CCCN(CO)c1cc2c(=O)n(NS(C)(=O)=O)c(=O)[nH]c2cc1[N+](=O)[O-]. The second-order valence-electron chi connectivity index (χ2n) is 5.48. The number of nitrogens with one attached hydrogen (secondary N) is 2. The molecule has 13 heteroatoms. The number of nitro benzene ring substituents is 1. The van der Waals surface area contributed by atoms with Crippen LogP contribution in [0.3, 0.4) is 0 Å². The molecule has 0 saturated carbocycles. The normalized spacial score (nSPS) is 11.5. The number of aromatic amines is 1. The van der Waals surface area contributed by atoms with Crippen molar-refractivity contribution in [2.75, 3.05) is 29.3 Å². The molecule has 0 amide bonds. The standard InChI is InChI=1S/C13H17N5O7S/c1-3-4-16(7-19)10-5-8-9(6-11(10)18(22)23)14-13(21)17(12(8)20)15-26(2,24)25/h5-6,15,19H,3-4,7H2,1-2H3,(H,14,21). The van der Waals surface area contributed by atoms with E-state index in [2.05, 4.69) is 4.98 Å². The first kappa shape index (κ1) is 19.4. The number of rotatable bonds is 7. The predicted molar refractivity (Wildman–Crippen MR) is 94.4 cm³/mol. The van der Waals surface area contributed by atoms with Gasteiger partial charge in [0.25, 0.3) is 11.2 Å². The van der Waals surface area contributed by atoms with Crippen molar-refractivity contribution in [2.24, 2.45) is 0 Å². The Balaban J connectivity index is 2.85. The Morgan fingerprint density at radius 1 is 1.38 bits per heavy atom. The van der Waals surface area contributed by atoms with Crippen LogP contribution in [0.5, 0.6) is 0 Å². The summed E-state index contributed by atoms with van der Waals surface area (Å²) in [6, 6.07) is 2.13. The van der Waals surface area contributed by atoms with Gasteiger partial charge in [-0.1, -0.05) is 6.92 Å². The summed E-state index contributed by atoms with van der Waals surface area (Å²) < 4.78 is 22.9. The van der Waals surface area contributed by atoms with Gasteiger partial charge in [0, 0.05) is 12.6 Å². The van der Waals surface area contributed by atoms with Crippen molar-refractivity contribution in [3.8, 4) is 0 Å². The van der Waals surface area contributed by atoms with E-state index in [0.717, 1.165) is 18.4 Å². The predicted octanol–water partition coefficient (Wildman–Crippen LogP) is -0.733. The quantitative estimate of drug-likeness (QED) is 0.317. The average Bonchev–Trinajstić information content (AvgIpc) is 2.54. The molecule has 0 aliphatic rings. The van der Waals surface area contributed by atoms with E-state index in [1.807, 2.05) is 0 Å². The first-order chi connectivity index (χ1) is 12.1. The molecule has 0 aliphatic heterocycles. The largest absolute Gasteiger partial charge is 0.376 e. The van der Waals surface area contributed by atoms with Gasteiger partial charge < -0.3 is 15.0 Å². The van der Waals surface area contributed by atoms with Crippen molar-refractivity contribution in [1.29, 1.82) is 0 Å². The molecule has 2 rings (SSSR count). The van der Waals surface area contributed by atoms with E-state index in [9.17, 15) is 33.2 Å². The van der Waals surface area contributed by atoms with Gasteiger partial charge in [0.1, 0.15) is 12.4 Å². The molecule has 0 radical (unpaired) electrons. The molecule has 2 aromatic rings. The van der Waals surface area contributed by atoms with Crippen LogP contribution >= 0.6 is 0 Å². The molecule has 0 bridgehead atoms. The molecule has 0 aliphatic carbocycles. The number of anilines is 1. The van der Waals surface area contributed by atoms with Crippen LogP contribution < -0.4 is 21.0 Å². The lowest BCUT2D eigenvalue weighted by Gasteiger charge is -2.21. The third-order valence-corrected chi connectivity index (χ3v) is 3.97. The monoisotopic (exact) mass is 387 g/mol. The Morgan fingerprint density at radius 2 is 2.04 bits per heavy atom. The second kappa shape index (κ2) is 7.13. The van der Waals surface area contributed by atoms with Crippen LogP contribution in [0.1, 0.15) is 13.3 Å². The van der Waals surface area contributed by atoms with Gasteiger partial charge in [0.15, 0.2) is 0 Å². The number of nitro groups is 1. The summed E-state index contributed by atoms with van der Waals surface area (Å²) in [7, 11) is -3.92. The topological polar surface area (TPSA) is 168 Å². The van der Waals surface area contributed by atoms with Crippen LogP contribution in [-0.2, 0) is 10.0 Å². The minimum atomic E-state index is -3.92. The van der Waals surface area contributed by atoms with Gasteiger partial charge in [-0.15, -0.1) is 0 Å². The van der Waals surface area contributed by atoms with Gasteiger partial charge in [0.05, 0.1) is 22.1 Å². The van der Waals surface area contributed by atoms with Crippen molar-refractivity contribution < 1.29 is 18.4 Å². The Hall–Kier alpha value is -2.93. The number of hydrogen-bond acceptors (Lipinski definition) is 8. The number of aliphatic hydroxyl groups excluding tert-OH is 1. The number of aliphatic hydroxyl groups is 1. The van der Waals surface area contributed by atoms with Crippen LogP contribution in [0, 0.1) is 10.1 Å². The Bertz CT molecular complexity index is 1070. The maximum atomic E-state index is 12.5. The van der Waals surface area contributed by atoms with Crippen LogP contribution in [-0.4, -0.2) is 47.6 Å². The van der Waals surface area contributed by atoms with Crippen molar-refractivity contribution in [1.82, 2.24) is 9.66 Å². The zero-order chi connectivity index (χ0) is 19.6. The van der Waals surface area contributed by atoms with Crippen LogP contribution in [0.2, 0.25) is 0 Å². The number of aromatic nitrogens is 2. The molecular formula is C13H17N5O7S. The summed E-state index contributed by atoms with van der Waals surface area (Å²) in [5.74, 6) is 0. The minimum Gasteiger partial charge on any atom is -0.376 e. The molecule has 0 spiro atoms. The highest BCUT2D eigenvalue weighted by molar-refractivity contribution is 7.91. The van der Waals surface area contributed by atoms with Gasteiger partial charge in [-0.25, -0.2) is 18.0 Å². The summed E-state index contributed by atoms with van der Waals surface area (Å²) in [5, 5.41) is 20.7. The number of benzene rings is 1. The average molecular weight is 387 g/mol. The molecule has 0 fully saturated rings. The fourth-order valence-corrected chi connectivity index (χ4v) is 2.92. The minimum absolute atomic E-state index is 0.0260. The lowest BCUT2D eigenvalue weighted by molar-refractivity contribution is -0.384. The van der Waals surface area contributed by atoms with E-state index in [4.69, 9.17) is 0 Å². The zero-order valence-electron chi connectivity index (χ0n) is 13.9. The summed E-state index contributed by atoms with van der Waals surface area (Å²) in [6.07, 6.45) is 1.33. The number of sulfonamides is 1. The molecule has 1 aromatic heterocycles. The molecule has 1 heterocycles. The molecule has 142 valence electrons. The number of H-pyrrole nitrogens is 1. The summed E-state index contributed by atoms with van der Waals surface area (Å²) >= 11 is 0. The van der Waals surface area contributed by atoms with E-state index < -0.39 is 38.6 Å². The van der Waals surface area contributed by atoms with Gasteiger partial charge >= 0.3 is 5.69 Å². The van der Waals surface area contributed by atoms with E-state index in [1.165, 1.54) is 4.90 Å². The van der Waals surface area contributed by atoms with Crippen molar-refractivity contribution in [3.63, 3.8) is 0 Å². The van der Waals surface area contributed by atoms with Gasteiger partial charge in [0.2, 0.25) is 10.0 Å². The molecule has 26 heavy (non-hydrogen) atoms. The highest BCUT2D eigenvalue weighted by Gasteiger charge is 2.22.